The Balaban J connectivity index is 0.00000541. The van der Waals surface area contributed by atoms with Crippen LogP contribution in [0.5, 0.6) is 0 Å². The van der Waals surface area contributed by atoms with Gasteiger partial charge in [0.05, 0.1) is 24.7 Å². The van der Waals surface area contributed by atoms with Crippen LogP contribution in [0.3, 0.4) is 0 Å². The molecule has 1 spiro atoms. The molecule has 1 saturated heterocycles. The first-order valence-corrected chi connectivity index (χ1v) is 18.8. The number of aliphatic hydroxyl groups excluding tert-OH is 2. The van der Waals surface area contributed by atoms with E-state index in [2.05, 4.69) is 14.9 Å². The molecule has 0 aromatic rings. The third-order valence-electron chi connectivity index (χ3n) is 11.5. The summed E-state index contributed by atoms with van der Waals surface area (Å²) < 4.78 is 96.9. The van der Waals surface area contributed by atoms with Crippen molar-refractivity contribution in [2.75, 3.05) is 6.61 Å². The molecular formula is C30H44KO16S2-. The summed E-state index contributed by atoms with van der Waals surface area (Å²) in [7, 11) is -11.3. The molecule has 0 aromatic heterocycles. The van der Waals surface area contributed by atoms with E-state index >= 15 is 0 Å². The zero-order chi connectivity index (χ0) is 35.6. The van der Waals surface area contributed by atoms with Crippen molar-refractivity contribution in [3.8, 4) is 0 Å². The fraction of sp³-hybridized carbons (Fsp3) is 0.867. The topological polar surface area (TPSA) is 255 Å². The van der Waals surface area contributed by atoms with Crippen LogP contribution in [0.2, 0.25) is 0 Å². The van der Waals surface area contributed by atoms with E-state index < -0.39 is 99.0 Å². The number of aliphatic carboxylic acids is 1. The molecule has 1 heterocycles. The van der Waals surface area contributed by atoms with Crippen LogP contribution in [0.4, 0.5) is 0 Å². The minimum atomic E-state index is -5.69. The summed E-state index contributed by atoms with van der Waals surface area (Å²) in [5, 5.41) is 31.9. The van der Waals surface area contributed by atoms with Crippen LogP contribution in [-0.2, 0) is 53.0 Å². The molecule has 16 nitrogen and oxygen atoms in total. The molecule has 13 atom stereocenters. The van der Waals surface area contributed by atoms with Gasteiger partial charge in [-0.1, -0.05) is 27.4 Å². The Morgan fingerprint density at radius 1 is 1.04 bits per heavy atom. The number of hydrogen-bond donors (Lipinski definition) is 3. The number of rotatable bonds is 11. The van der Waals surface area contributed by atoms with E-state index in [1.54, 1.807) is 13.8 Å². The normalized spacial score (nSPS) is 42.1. The van der Waals surface area contributed by atoms with Crippen LogP contribution in [-0.4, -0.2) is 103 Å². The van der Waals surface area contributed by atoms with Crippen LogP contribution in [0.1, 0.15) is 72.1 Å². The largest absolute Gasteiger partial charge is 1.00 e. The summed E-state index contributed by atoms with van der Waals surface area (Å²) in [4.78, 5) is 25.6. The third kappa shape index (κ3) is 8.51. The number of carbonyl (C=O) groups is 2. The molecule has 2 bridgehead atoms. The van der Waals surface area contributed by atoms with Gasteiger partial charge in [-0.05, 0) is 79.6 Å². The fourth-order valence-corrected chi connectivity index (χ4v) is 10.8. The zero-order valence-corrected chi connectivity index (χ0v) is 32.7. The molecular weight excluding hydrogens is 720 g/mol. The van der Waals surface area contributed by atoms with E-state index in [1.165, 1.54) is 0 Å². The van der Waals surface area contributed by atoms with Crippen molar-refractivity contribution in [2.45, 2.75) is 115 Å². The van der Waals surface area contributed by atoms with E-state index in [9.17, 15) is 50.8 Å². The summed E-state index contributed by atoms with van der Waals surface area (Å²) in [6.07, 6.45) is -8.49. The SMILES string of the molecule is C=C1[C@H]2CC[C@H]3[C@]4(C)C[C@H](O[C@H]5O[C@H](CO)[C@@H](OS(=O)(=O)[O-])[C@H](OS(=O)(=O)[O-])[C@H]5OC(=O)CC(C)C)C[C@@H](C(=O)O)[C@H]4CC[C@]3(C2)[C@H]1O.[K+]. The van der Waals surface area contributed by atoms with Gasteiger partial charge < -0.3 is 38.6 Å². The molecule has 19 heteroatoms. The second-order valence-electron chi connectivity index (χ2n) is 14.8. The molecule has 49 heavy (non-hydrogen) atoms. The Morgan fingerprint density at radius 3 is 2.24 bits per heavy atom. The molecule has 3 N–H and O–H groups in total. The zero-order valence-electron chi connectivity index (χ0n) is 28.0. The van der Waals surface area contributed by atoms with Gasteiger partial charge in [0.15, 0.2) is 12.4 Å². The number of ether oxygens (including phenoxy) is 3. The maximum atomic E-state index is 12.9. The number of carbonyl (C=O) groups excluding carboxylic acids is 1. The van der Waals surface area contributed by atoms with Crippen molar-refractivity contribution in [3.63, 3.8) is 0 Å². The average molecular weight is 764 g/mol. The Bertz CT molecular complexity index is 1490. The van der Waals surface area contributed by atoms with Crippen molar-refractivity contribution >= 4 is 32.7 Å². The quantitative estimate of drug-likeness (QED) is 0.0513. The van der Waals surface area contributed by atoms with Crippen LogP contribution >= 0.6 is 0 Å². The van der Waals surface area contributed by atoms with E-state index in [-0.39, 0.29) is 94.3 Å². The standard InChI is InChI=1S/C30H46O16S2.K/c1-14(2)9-22(32)44-25-24(46-48(39,40)41)23(45-47(36,37)38)20(13-31)43-28(25)42-17-10-18(27(34)35)19-7-8-30-11-16(15(3)26(30)33)5-6-21(30)29(19,4)12-17;/h14,16-21,23-26,28,31,33H,3,5-13H2,1-2,4H3,(H,34,35)(H,36,37,38)(H,39,40,41);/q;+1/p-2/t16-,17+,18+,19+,20+,21-,23+,24-,25+,26-,28-,29+,30+;/m0./s1. The second-order valence-corrected chi connectivity index (χ2v) is 16.8. The average Bonchev–Trinajstić information content (AvgIpc) is 3.12. The molecule has 0 amide bonds. The van der Waals surface area contributed by atoms with Crippen molar-refractivity contribution in [1.29, 1.82) is 0 Å². The number of aliphatic hydroxyl groups is 2. The van der Waals surface area contributed by atoms with E-state index in [0.29, 0.717) is 12.8 Å². The molecule has 1 aliphatic heterocycles. The van der Waals surface area contributed by atoms with Crippen molar-refractivity contribution in [3.05, 3.63) is 12.2 Å². The van der Waals surface area contributed by atoms with E-state index in [4.69, 9.17) is 14.2 Å². The van der Waals surface area contributed by atoms with Gasteiger partial charge in [0.2, 0.25) is 20.8 Å². The fourth-order valence-electron chi connectivity index (χ4n) is 9.81. The minimum absolute atomic E-state index is 0. The van der Waals surface area contributed by atoms with Gasteiger partial charge in [0.1, 0.15) is 18.3 Å². The summed E-state index contributed by atoms with van der Waals surface area (Å²) in [6, 6.07) is 0. The number of carboxylic acid groups (broad SMARTS) is 1. The summed E-state index contributed by atoms with van der Waals surface area (Å²) >= 11 is 0. The first kappa shape index (κ1) is 41.6. The van der Waals surface area contributed by atoms with Crippen LogP contribution in [0.25, 0.3) is 0 Å². The van der Waals surface area contributed by atoms with E-state index in [0.717, 1.165) is 24.8 Å². The smallest absolute Gasteiger partial charge is 0.726 e. The van der Waals surface area contributed by atoms with Gasteiger partial charge in [-0.2, -0.15) is 0 Å². The molecule has 0 radical (unpaired) electrons. The summed E-state index contributed by atoms with van der Waals surface area (Å²) in [6.45, 7) is 8.41. The van der Waals surface area contributed by atoms with Crippen LogP contribution in [0, 0.1) is 40.4 Å². The molecule has 5 fully saturated rings. The summed E-state index contributed by atoms with van der Waals surface area (Å²) in [5.41, 5.74) is -0.359. The number of hydrogen-bond acceptors (Lipinski definition) is 15. The third-order valence-corrected chi connectivity index (χ3v) is 12.4. The van der Waals surface area contributed by atoms with Gasteiger partial charge in [0, 0.05) is 11.8 Å². The molecule has 4 saturated carbocycles. The van der Waals surface area contributed by atoms with Gasteiger partial charge in [-0.3, -0.25) is 18.0 Å². The first-order chi connectivity index (χ1) is 22.2. The monoisotopic (exact) mass is 763 g/mol. The Labute approximate surface area is 328 Å². The summed E-state index contributed by atoms with van der Waals surface area (Å²) in [5.74, 6) is -3.38. The molecule has 0 aromatic carbocycles. The van der Waals surface area contributed by atoms with Gasteiger partial charge in [0.25, 0.3) is 0 Å². The molecule has 5 aliphatic rings. The van der Waals surface area contributed by atoms with Gasteiger partial charge in [-0.25, -0.2) is 16.8 Å². The molecule has 4 aliphatic carbocycles. The number of carboxylic acids is 1. The molecule has 274 valence electrons. The van der Waals surface area contributed by atoms with Gasteiger partial charge >= 0.3 is 63.3 Å². The second kappa shape index (κ2) is 15.3. The van der Waals surface area contributed by atoms with Crippen molar-refractivity contribution < 1.29 is 125 Å². The van der Waals surface area contributed by atoms with Gasteiger partial charge in [-0.15, -0.1) is 0 Å². The predicted molar refractivity (Wildman–Crippen MR) is 159 cm³/mol. The number of fused-ring (bicyclic) bond motifs is 3. The molecule has 0 unspecified atom stereocenters. The van der Waals surface area contributed by atoms with E-state index in [1.807, 2.05) is 6.92 Å². The first-order valence-electron chi connectivity index (χ1n) is 16.2. The Morgan fingerprint density at radius 2 is 1.67 bits per heavy atom. The maximum Gasteiger partial charge on any atom is 1.00 e. The molecule has 5 rings (SSSR count). The maximum absolute atomic E-state index is 12.9. The number of esters is 1. The Kier molecular flexibility index (Phi) is 13.0. The van der Waals surface area contributed by atoms with Crippen molar-refractivity contribution in [2.24, 2.45) is 40.4 Å². The minimum Gasteiger partial charge on any atom is -0.726 e. The van der Waals surface area contributed by atoms with Crippen LogP contribution in [0.15, 0.2) is 12.2 Å². The predicted octanol–water partition coefficient (Wildman–Crippen LogP) is -2.01. The van der Waals surface area contributed by atoms with Crippen molar-refractivity contribution in [1.82, 2.24) is 0 Å². The van der Waals surface area contributed by atoms with Crippen LogP contribution < -0.4 is 51.4 Å². The Hall–Kier alpha value is -0.104.